The Kier molecular flexibility index (Phi) is 6.93. The summed E-state index contributed by atoms with van der Waals surface area (Å²) in [5.74, 6) is 0.376. The maximum absolute atomic E-state index is 13.5. The fourth-order valence-electron chi connectivity index (χ4n) is 5.69. The SMILES string of the molecule is COc1ccc2oc(=O)cc(Cc3cc4c(oc3=O)-c3cc(Cc5cc(=O)oc6cc(O)ccc56)ccc3OC4OC(C)=O)c2c1. The molecule has 0 radical (unpaired) electrons. The monoisotopic (exact) mass is 620 g/mol. The van der Waals surface area contributed by atoms with Crippen molar-refractivity contribution < 1.29 is 37.4 Å². The molecular formula is C35H24O11. The molecule has 0 amide bonds. The van der Waals surface area contributed by atoms with Gasteiger partial charge in [-0.25, -0.2) is 14.4 Å². The molecule has 0 fully saturated rings. The summed E-state index contributed by atoms with van der Waals surface area (Å²) in [6.07, 6.45) is -0.899. The molecule has 7 rings (SSSR count). The number of hydrogen-bond acceptors (Lipinski definition) is 11. The third-order valence-corrected chi connectivity index (χ3v) is 7.72. The first kappa shape index (κ1) is 28.7. The number of phenols is 1. The molecule has 11 nitrogen and oxygen atoms in total. The van der Waals surface area contributed by atoms with Crippen molar-refractivity contribution in [1.82, 2.24) is 0 Å². The van der Waals surface area contributed by atoms with Crippen molar-refractivity contribution in [3.05, 3.63) is 132 Å². The van der Waals surface area contributed by atoms with E-state index in [9.17, 15) is 24.3 Å². The molecule has 3 aromatic carbocycles. The molecule has 0 bridgehead atoms. The van der Waals surface area contributed by atoms with Gasteiger partial charge in [-0.15, -0.1) is 0 Å². The summed E-state index contributed by atoms with van der Waals surface area (Å²) in [6.45, 7) is 1.24. The minimum Gasteiger partial charge on any atom is -0.508 e. The van der Waals surface area contributed by atoms with E-state index in [0.717, 1.165) is 5.56 Å². The van der Waals surface area contributed by atoms with E-state index in [2.05, 4.69) is 0 Å². The Morgan fingerprint density at radius 2 is 1.54 bits per heavy atom. The van der Waals surface area contributed by atoms with E-state index in [1.54, 1.807) is 48.5 Å². The molecule has 0 saturated carbocycles. The molecule has 230 valence electrons. The number of aromatic hydroxyl groups is 1. The summed E-state index contributed by atoms with van der Waals surface area (Å²) in [7, 11) is 1.51. The summed E-state index contributed by atoms with van der Waals surface area (Å²) in [5, 5.41) is 11.1. The van der Waals surface area contributed by atoms with Crippen molar-refractivity contribution in [2.75, 3.05) is 7.11 Å². The van der Waals surface area contributed by atoms with Crippen LogP contribution < -0.4 is 26.4 Å². The molecule has 1 unspecified atom stereocenters. The van der Waals surface area contributed by atoms with Crippen LogP contribution in [0, 0.1) is 0 Å². The quantitative estimate of drug-likeness (QED) is 0.189. The van der Waals surface area contributed by atoms with Gasteiger partial charge in [0.2, 0.25) is 0 Å². The smallest absolute Gasteiger partial charge is 0.339 e. The molecule has 1 aliphatic heterocycles. The van der Waals surface area contributed by atoms with Gasteiger partial charge in [-0.3, -0.25) is 4.79 Å². The molecule has 1 aliphatic rings. The largest absolute Gasteiger partial charge is 0.508 e. The first-order chi connectivity index (χ1) is 22.1. The topological polar surface area (TPSA) is 156 Å². The van der Waals surface area contributed by atoms with E-state index in [0.29, 0.717) is 56.5 Å². The average Bonchev–Trinajstić information content (AvgIpc) is 3.01. The van der Waals surface area contributed by atoms with E-state index in [1.807, 2.05) is 0 Å². The minimum atomic E-state index is -1.21. The maximum Gasteiger partial charge on any atom is 0.339 e. The highest BCUT2D eigenvalue weighted by molar-refractivity contribution is 5.83. The number of esters is 1. The predicted octanol–water partition coefficient (Wildman–Crippen LogP) is 5.37. The van der Waals surface area contributed by atoms with Gasteiger partial charge in [0.15, 0.2) is 5.76 Å². The van der Waals surface area contributed by atoms with Gasteiger partial charge in [0, 0.05) is 47.9 Å². The standard InChI is InChI=1S/C35H24O11/c1-17(36)42-35-27-12-21(11-20-14-31(38)43-28-8-5-23(41-2)16-25(20)28)34(40)46-33(27)26-10-18(3-7-29(26)45-35)9-19-13-32(39)44-30-15-22(37)4-6-24(19)30/h3-8,10,12-16,35,37H,9,11H2,1-2H3. The molecule has 0 saturated heterocycles. The van der Waals surface area contributed by atoms with E-state index >= 15 is 0 Å². The second-order valence-electron chi connectivity index (χ2n) is 10.8. The average molecular weight is 621 g/mol. The maximum atomic E-state index is 13.5. The minimum absolute atomic E-state index is 0.00376. The normalized spacial score (nSPS) is 13.6. The number of hydrogen-bond donors (Lipinski definition) is 1. The molecule has 6 aromatic rings. The van der Waals surface area contributed by atoms with E-state index in [-0.39, 0.29) is 29.1 Å². The number of phenolic OH excluding ortho intramolecular Hbond substituents is 1. The lowest BCUT2D eigenvalue weighted by molar-refractivity contribution is -0.162. The number of carbonyl (C=O) groups excluding carboxylic acids is 1. The number of benzene rings is 3. The second kappa shape index (κ2) is 11.1. The Balaban J connectivity index is 1.32. The van der Waals surface area contributed by atoms with Crippen molar-refractivity contribution in [3.8, 4) is 28.6 Å². The van der Waals surface area contributed by atoms with Crippen molar-refractivity contribution in [3.63, 3.8) is 0 Å². The third-order valence-electron chi connectivity index (χ3n) is 7.72. The summed E-state index contributed by atoms with van der Waals surface area (Å²) in [4.78, 5) is 50.1. The van der Waals surface area contributed by atoms with Gasteiger partial charge in [0.1, 0.15) is 28.4 Å². The number of carbonyl (C=O) groups is 1. The van der Waals surface area contributed by atoms with E-state index in [4.69, 9.17) is 27.5 Å². The van der Waals surface area contributed by atoms with Gasteiger partial charge in [-0.05, 0) is 71.6 Å². The van der Waals surface area contributed by atoms with Crippen LogP contribution in [0.3, 0.4) is 0 Å². The highest BCUT2D eigenvalue weighted by Crippen LogP contribution is 2.43. The summed E-state index contributed by atoms with van der Waals surface area (Å²) >= 11 is 0. The van der Waals surface area contributed by atoms with Gasteiger partial charge in [-0.1, -0.05) is 6.07 Å². The van der Waals surface area contributed by atoms with Crippen LogP contribution >= 0.6 is 0 Å². The van der Waals surface area contributed by atoms with Crippen LogP contribution in [0.2, 0.25) is 0 Å². The van der Waals surface area contributed by atoms with Gasteiger partial charge in [-0.2, -0.15) is 0 Å². The lowest BCUT2D eigenvalue weighted by atomic mass is 9.95. The van der Waals surface area contributed by atoms with Gasteiger partial charge in [0.25, 0.3) is 6.29 Å². The molecular weight excluding hydrogens is 596 g/mol. The molecule has 1 atom stereocenters. The zero-order chi connectivity index (χ0) is 32.1. The number of methoxy groups -OCH3 is 1. The van der Waals surface area contributed by atoms with E-state index < -0.39 is 29.1 Å². The van der Waals surface area contributed by atoms with Crippen LogP contribution in [0.15, 0.2) is 100 Å². The molecule has 0 aliphatic carbocycles. The fraction of sp³-hybridized carbons (Fsp3) is 0.143. The highest BCUT2D eigenvalue weighted by Gasteiger charge is 2.32. The van der Waals surface area contributed by atoms with Crippen LogP contribution in [-0.4, -0.2) is 18.2 Å². The molecule has 1 N–H and O–H groups in total. The lowest BCUT2D eigenvalue weighted by Crippen LogP contribution is -2.22. The predicted molar refractivity (Wildman–Crippen MR) is 164 cm³/mol. The first-order valence-corrected chi connectivity index (χ1v) is 14.2. The summed E-state index contributed by atoms with van der Waals surface area (Å²) < 4.78 is 33.3. The van der Waals surface area contributed by atoms with Crippen LogP contribution in [0.1, 0.15) is 41.0 Å². The Hall–Kier alpha value is -6.10. The van der Waals surface area contributed by atoms with Crippen LogP contribution in [-0.2, 0) is 22.4 Å². The van der Waals surface area contributed by atoms with Crippen molar-refractivity contribution in [1.29, 1.82) is 0 Å². The van der Waals surface area contributed by atoms with Crippen LogP contribution in [0.25, 0.3) is 33.3 Å². The molecule has 11 heteroatoms. The zero-order valence-electron chi connectivity index (χ0n) is 24.4. The van der Waals surface area contributed by atoms with Crippen LogP contribution in [0.5, 0.6) is 17.2 Å². The zero-order valence-corrected chi connectivity index (χ0v) is 24.4. The summed E-state index contributed by atoms with van der Waals surface area (Å²) in [5.41, 5.74) is 1.64. The van der Waals surface area contributed by atoms with Crippen LogP contribution in [0.4, 0.5) is 0 Å². The molecule has 0 spiro atoms. The first-order valence-electron chi connectivity index (χ1n) is 14.2. The molecule has 46 heavy (non-hydrogen) atoms. The number of ether oxygens (including phenoxy) is 3. The molecule has 3 aromatic heterocycles. The van der Waals surface area contributed by atoms with Gasteiger partial charge >= 0.3 is 22.8 Å². The fourth-order valence-corrected chi connectivity index (χ4v) is 5.69. The molecule has 4 heterocycles. The highest BCUT2D eigenvalue weighted by atomic mass is 16.7. The van der Waals surface area contributed by atoms with Gasteiger partial charge < -0.3 is 32.6 Å². The Labute approximate surface area is 258 Å². The Bertz CT molecular complexity index is 2380. The van der Waals surface area contributed by atoms with E-state index in [1.165, 1.54) is 38.3 Å². The summed E-state index contributed by atoms with van der Waals surface area (Å²) in [6, 6.07) is 19.0. The van der Waals surface area contributed by atoms with Crippen molar-refractivity contribution in [2.45, 2.75) is 26.1 Å². The third kappa shape index (κ3) is 5.28. The van der Waals surface area contributed by atoms with Crippen molar-refractivity contribution >= 4 is 27.9 Å². The number of rotatable bonds is 6. The Morgan fingerprint density at radius 1 is 0.783 bits per heavy atom. The second-order valence-corrected chi connectivity index (χ2v) is 10.8. The number of fused-ring (bicyclic) bond motifs is 5. The lowest BCUT2D eigenvalue weighted by Gasteiger charge is -2.27. The van der Waals surface area contributed by atoms with Crippen molar-refractivity contribution in [2.24, 2.45) is 0 Å². The Morgan fingerprint density at radius 3 is 2.30 bits per heavy atom. The van der Waals surface area contributed by atoms with Gasteiger partial charge in [0.05, 0.1) is 18.2 Å².